The Morgan fingerprint density at radius 2 is 2.04 bits per heavy atom. The highest BCUT2D eigenvalue weighted by Crippen LogP contribution is 2.38. The minimum atomic E-state index is -0.760. The fourth-order valence-corrected chi connectivity index (χ4v) is 4.39. The summed E-state index contributed by atoms with van der Waals surface area (Å²) in [5.74, 6) is -0.0295. The monoisotopic (exact) mass is 408 g/mol. The Kier molecular flexibility index (Phi) is 5.30. The molecule has 118 valence electrons. The zero-order valence-corrected chi connectivity index (χ0v) is 15.2. The van der Waals surface area contributed by atoms with Crippen LogP contribution < -0.4 is 0 Å². The van der Waals surface area contributed by atoms with E-state index in [1.807, 2.05) is 12.1 Å². The third-order valence-corrected chi connectivity index (χ3v) is 5.76. The smallest absolute Gasteiger partial charge is 0.303 e. The van der Waals surface area contributed by atoms with Crippen LogP contribution in [0.5, 0.6) is 0 Å². The van der Waals surface area contributed by atoms with E-state index in [-0.39, 0.29) is 6.42 Å². The van der Waals surface area contributed by atoms with Crippen molar-refractivity contribution < 1.29 is 9.90 Å². The molecule has 0 amide bonds. The number of nitrogens with zero attached hydrogens (tertiary/aromatic N) is 2. The molecule has 0 fully saturated rings. The van der Waals surface area contributed by atoms with Gasteiger partial charge in [-0.3, -0.25) is 4.79 Å². The number of hydrogen-bond donors (Lipinski definition) is 1. The van der Waals surface area contributed by atoms with Crippen LogP contribution in [-0.2, 0) is 4.79 Å². The molecule has 4 nitrogen and oxygen atoms in total. The Bertz CT molecular complexity index is 834. The summed E-state index contributed by atoms with van der Waals surface area (Å²) in [5, 5.41) is 12.8. The molecule has 0 saturated carbocycles. The van der Waals surface area contributed by atoms with Gasteiger partial charge in [-0.05, 0) is 24.1 Å². The van der Waals surface area contributed by atoms with E-state index in [1.54, 1.807) is 29.4 Å². The molecule has 2 heterocycles. The number of aromatic nitrogens is 2. The average Bonchev–Trinajstić information content (AvgIpc) is 2.97. The molecule has 0 aliphatic rings. The van der Waals surface area contributed by atoms with Crippen molar-refractivity contribution in [3.8, 4) is 11.1 Å². The highest BCUT2D eigenvalue weighted by atomic mass is 79.9. The molecule has 0 saturated heterocycles. The zero-order chi connectivity index (χ0) is 16.2. The summed E-state index contributed by atoms with van der Waals surface area (Å²) in [6, 6.07) is 8.17. The Balaban J connectivity index is 1.91. The molecular weight excluding hydrogens is 396 g/mol. The Hall–Kier alpha value is -1.44. The van der Waals surface area contributed by atoms with E-state index in [0.29, 0.717) is 6.42 Å². The van der Waals surface area contributed by atoms with Gasteiger partial charge in [0.2, 0.25) is 0 Å². The van der Waals surface area contributed by atoms with E-state index in [2.05, 4.69) is 43.4 Å². The molecule has 0 radical (unpaired) electrons. The Morgan fingerprint density at radius 1 is 1.26 bits per heavy atom. The van der Waals surface area contributed by atoms with E-state index < -0.39 is 5.97 Å². The van der Waals surface area contributed by atoms with Gasteiger partial charge >= 0.3 is 5.97 Å². The molecule has 0 atom stereocenters. The molecule has 3 aromatic rings. The first kappa shape index (κ1) is 16.4. The summed E-state index contributed by atoms with van der Waals surface area (Å²) in [6.07, 6.45) is 2.39. The molecule has 1 N–H and O–H groups in total. The van der Waals surface area contributed by atoms with Crippen LogP contribution in [0.3, 0.4) is 0 Å². The predicted octanol–water partition coefficient (Wildman–Crippen LogP) is 5.08. The second-order valence-corrected chi connectivity index (χ2v) is 7.72. The van der Waals surface area contributed by atoms with Gasteiger partial charge in [0.25, 0.3) is 0 Å². The molecule has 0 spiro atoms. The lowest BCUT2D eigenvalue weighted by molar-refractivity contribution is -0.137. The maximum atomic E-state index is 10.6. The molecule has 0 aliphatic heterocycles. The van der Waals surface area contributed by atoms with Crippen LogP contribution >= 0.6 is 39.0 Å². The number of carbonyl (C=O) groups is 1. The van der Waals surface area contributed by atoms with Crippen LogP contribution in [0.15, 0.2) is 45.5 Å². The first-order valence-corrected chi connectivity index (χ1v) is 9.63. The quantitative estimate of drug-likeness (QED) is 0.350. The van der Waals surface area contributed by atoms with Crippen LogP contribution in [0.1, 0.15) is 12.8 Å². The lowest BCUT2D eigenvalue weighted by Gasteiger charge is -2.05. The second kappa shape index (κ2) is 7.42. The third-order valence-electron chi connectivity index (χ3n) is 3.26. The lowest BCUT2D eigenvalue weighted by Crippen LogP contribution is -1.95. The van der Waals surface area contributed by atoms with Crippen molar-refractivity contribution in [2.75, 3.05) is 5.75 Å². The van der Waals surface area contributed by atoms with Crippen LogP contribution in [0.25, 0.3) is 21.3 Å². The van der Waals surface area contributed by atoms with E-state index in [9.17, 15) is 4.79 Å². The molecule has 7 heteroatoms. The first-order valence-electron chi connectivity index (χ1n) is 6.98. The van der Waals surface area contributed by atoms with E-state index >= 15 is 0 Å². The largest absolute Gasteiger partial charge is 0.481 e. The summed E-state index contributed by atoms with van der Waals surface area (Å²) < 4.78 is 1.04. The highest BCUT2D eigenvalue weighted by molar-refractivity contribution is 9.10. The molecule has 3 rings (SSSR count). The van der Waals surface area contributed by atoms with Crippen molar-refractivity contribution >= 4 is 55.2 Å². The SMILES string of the molecule is O=C(O)CCCSc1ncnc2scc(-c3ccc(Br)cc3)c12. The van der Waals surface area contributed by atoms with Crippen molar-refractivity contribution in [1.82, 2.24) is 9.97 Å². The van der Waals surface area contributed by atoms with Crippen molar-refractivity contribution in [2.24, 2.45) is 0 Å². The highest BCUT2D eigenvalue weighted by Gasteiger charge is 2.13. The summed E-state index contributed by atoms with van der Waals surface area (Å²) >= 11 is 6.65. The van der Waals surface area contributed by atoms with Crippen LogP contribution in [0.2, 0.25) is 0 Å². The topological polar surface area (TPSA) is 63.1 Å². The summed E-state index contributed by atoms with van der Waals surface area (Å²) in [7, 11) is 0. The van der Waals surface area contributed by atoms with Crippen LogP contribution in [-0.4, -0.2) is 26.8 Å². The van der Waals surface area contributed by atoms with Gasteiger partial charge in [0.15, 0.2) is 0 Å². The number of halogens is 1. The number of thiophene rings is 1. The standard InChI is InChI=1S/C16H13BrN2O2S2/c17-11-5-3-10(4-6-11)12-8-23-16-14(12)15(18-9-19-16)22-7-1-2-13(20)21/h3-6,8-9H,1-2,7H2,(H,20,21). The van der Waals surface area contributed by atoms with Gasteiger partial charge in [-0.15, -0.1) is 23.1 Å². The molecule has 0 unspecified atom stereocenters. The number of hydrogen-bond acceptors (Lipinski definition) is 5. The minimum Gasteiger partial charge on any atom is -0.481 e. The van der Waals surface area contributed by atoms with Crippen molar-refractivity contribution in [1.29, 1.82) is 0 Å². The lowest BCUT2D eigenvalue weighted by atomic mass is 10.1. The average molecular weight is 409 g/mol. The van der Waals surface area contributed by atoms with Gasteiger partial charge in [-0.25, -0.2) is 9.97 Å². The fourth-order valence-electron chi connectivity index (χ4n) is 2.19. The predicted molar refractivity (Wildman–Crippen MR) is 98.1 cm³/mol. The number of carboxylic acids is 1. The van der Waals surface area contributed by atoms with Gasteiger partial charge in [0.1, 0.15) is 16.2 Å². The number of aliphatic carboxylic acids is 1. The molecule has 0 bridgehead atoms. The normalized spacial score (nSPS) is 11.0. The molecule has 23 heavy (non-hydrogen) atoms. The summed E-state index contributed by atoms with van der Waals surface area (Å²) in [6.45, 7) is 0. The van der Waals surface area contributed by atoms with Crippen molar-refractivity contribution in [3.05, 3.63) is 40.4 Å². The van der Waals surface area contributed by atoms with Gasteiger partial charge in [0, 0.05) is 27.6 Å². The summed E-state index contributed by atoms with van der Waals surface area (Å²) in [4.78, 5) is 20.3. The number of thioether (sulfide) groups is 1. The van der Waals surface area contributed by atoms with Gasteiger partial charge in [0.05, 0.1) is 5.39 Å². The Labute approximate surface area is 150 Å². The summed E-state index contributed by atoms with van der Waals surface area (Å²) in [5.41, 5.74) is 2.25. The number of fused-ring (bicyclic) bond motifs is 1. The van der Waals surface area contributed by atoms with Gasteiger partial charge in [-0.2, -0.15) is 0 Å². The number of rotatable bonds is 6. The van der Waals surface area contributed by atoms with Gasteiger partial charge in [-0.1, -0.05) is 28.1 Å². The maximum absolute atomic E-state index is 10.6. The van der Waals surface area contributed by atoms with Crippen molar-refractivity contribution in [3.63, 3.8) is 0 Å². The zero-order valence-electron chi connectivity index (χ0n) is 12.0. The molecule has 1 aromatic carbocycles. The fraction of sp³-hybridized carbons (Fsp3) is 0.188. The van der Waals surface area contributed by atoms with E-state index in [1.165, 1.54) is 0 Å². The molecular formula is C16H13BrN2O2S2. The number of carboxylic acid groups (broad SMARTS) is 1. The molecule has 0 aliphatic carbocycles. The van der Waals surface area contributed by atoms with E-state index in [0.717, 1.165) is 36.6 Å². The van der Waals surface area contributed by atoms with Gasteiger partial charge < -0.3 is 5.11 Å². The second-order valence-electron chi connectivity index (χ2n) is 4.86. The minimum absolute atomic E-state index is 0.185. The molecule has 2 aromatic heterocycles. The first-order chi connectivity index (χ1) is 11.1. The maximum Gasteiger partial charge on any atom is 0.303 e. The van der Waals surface area contributed by atoms with E-state index in [4.69, 9.17) is 5.11 Å². The van der Waals surface area contributed by atoms with Crippen LogP contribution in [0.4, 0.5) is 0 Å². The number of benzene rings is 1. The third kappa shape index (κ3) is 3.91. The Morgan fingerprint density at radius 3 is 2.78 bits per heavy atom. The van der Waals surface area contributed by atoms with Crippen molar-refractivity contribution in [2.45, 2.75) is 17.9 Å². The van der Waals surface area contributed by atoms with Crippen LogP contribution in [0, 0.1) is 0 Å².